The van der Waals surface area contributed by atoms with Crippen molar-refractivity contribution in [1.82, 2.24) is 0 Å². The summed E-state index contributed by atoms with van der Waals surface area (Å²) in [5.74, 6) is -0.282. The highest BCUT2D eigenvalue weighted by molar-refractivity contribution is 7.90. The normalized spacial score (nSPS) is 11.0. The van der Waals surface area contributed by atoms with Crippen LogP contribution in [0.2, 0.25) is 0 Å². The van der Waals surface area contributed by atoms with Crippen molar-refractivity contribution in [2.75, 3.05) is 17.7 Å². The van der Waals surface area contributed by atoms with Crippen molar-refractivity contribution in [1.29, 1.82) is 0 Å². The lowest BCUT2D eigenvalue weighted by atomic mass is 10.1. The fourth-order valence-electron chi connectivity index (χ4n) is 3.55. The predicted molar refractivity (Wildman–Crippen MR) is 135 cm³/mol. The number of para-hydroxylation sites is 1. The molecule has 0 atom stereocenters. The Kier molecular flexibility index (Phi) is 7.12. The first-order valence-electron chi connectivity index (χ1n) is 10.7. The number of hydrogen-bond acceptors (Lipinski definition) is 4. The van der Waals surface area contributed by atoms with Gasteiger partial charge in [-0.15, -0.1) is 0 Å². The Morgan fingerprint density at radius 3 is 2.29 bits per heavy atom. The fraction of sp³-hybridized carbons (Fsp3) is 0.0741. The average molecular weight is 491 g/mol. The van der Waals surface area contributed by atoms with Gasteiger partial charge in [0.1, 0.15) is 11.6 Å². The van der Waals surface area contributed by atoms with Gasteiger partial charge in [-0.3, -0.25) is 0 Å². The van der Waals surface area contributed by atoms with Crippen molar-refractivity contribution in [3.63, 3.8) is 0 Å². The number of amides is 2. The van der Waals surface area contributed by atoms with Crippen LogP contribution < -0.4 is 15.4 Å². The van der Waals surface area contributed by atoms with Crippen LogP contribution in [0.1, 0.15) is 5.56 Å². The molecule has 0 radical (unpaired) electrons. The molecule has 6 nitrogen and oxygen atoms in total. The summed E-state index contributed by atoms with van der Waals surface area (Å²) in [6.07, 6.45) is 0. The van der Waals surface area contributed by atoms with Crippen LogP contribution in [0.5, 0.6) is 5.75 Å². The molecule has 0 aliphatic carbocycles. The lowest BCUT2D eigenvalue weighted by Crippen LogP contribution is -2.19. The largest absolute Gasteiger partial charge is 0.495 e. The van der Waals surface area contributed by atoms with Crippen molar-refractivity contribution < 1.29 is 22.3 Å². The topological polar surface area (TPSA) is 84.5 Å². The molecule has 4 aromatic rings. The summed E-state index contributed by atoms with van der Waals surface area (Å²) in [5.41, 5.74) is 2.93. The fourth-order valence-corrected chi connectivity index (χ4v) is 4.93. The second kappa shape index (κ2) is 10.4. The molecule has 0 saturated heterocycles. The van der Waals surface area contributed by atoms with Crippen molar-refractivity contribution in [3.8, 4) is 16.9 Å². The molecule has 0 aliphatic heterocycles. The van der Waals surface area contributed by atoms with Crippen LogP contribution >= 0.6 is 0 Å². The zero-order chi connectivity index (χ0) is 24.8. The summed E-state index contributed by atoms with van der Waals surface area (Å²) in [7, 11) is -2.24. The Morgan fingerprint density at radius 2 is 1.57 bits per heavy atom. The van der Waals surface area contributed by atoms with Crippen molar-refractivity contribution >= 4 is 27.2 Å². The Hall–Kier alpha value is -4.17. The molecule has 2 N–H and O–H groups in total. The van der Waals surface area contributed by atoms with Gasteiger partial charge in [0.15, 0.2) is 9.84 Å². The van der Waals surface area contributed by atoms with Crippen LogP contribution in [0.4, 0.5) is 20.6 Å². The zero-order valence-electron chi connectivity index (χ0n) is 18.9. The predicted octanol–water partition coefficient (Wildman–Crippen LogP) is 6.12. The van der Waals surface area contributed by atoms with Gasteiger partial charge >= 0.3 is 6.03 Å². The van der Waals surface area contributed by atoms with Gasteiger partial charge in [0.2, 0.25) is 0 Å². The van der Waals surface area contributed by atoms with E-state index >= 15 is 0 Å². The summed E-state index contributed by atoms with van der Waals surface area (Å²) in [6.45, 7) is 0. The van der Waals surface area contributed by atoms with Crippen molar-refractivity contribution in [2.45, 2.75) is 10.6 Å². The Labute approximate surface area is 203 Å². The van der Waals surface area contributed by atoms with E-state index < -0.39 is 15.9 Å². The van der Waals surface area contributed by atoms with E-state index in [4.69, 9.17) is 4.74 Å². The maximum atomic E-state index is 13.2. The van der Waals surface area contributed by atoms with E-state index in [1.165, 1.54) is 25.3 Å². The standard InChI is InChI=1S/C27H23FN2O4S/c1-34-26-16-19(10-15-25(26)30-27(31)29-23-7-3-2-4-8-23)18-35(32,33)24-9-5-6-21(17-24)20-11-13-22(28)14-12-20/h2-17H,18H2,1H3,(H2,29,30,31). The molecule has 2 amide bonds. The maximum absolute atomic E-state index is 13.2. The van der Waals surface area contributed by atoms with E-state index in [-0.39, 0.29) is 16.5 Å². The number of sulfone groups is 1. The van der Waals surface area contributed by atoms with E-state index in [1.807, 2.05) is 6.07 Å². The van der Waals surface area contributed by atoms with E-state index in [2.05, 4.69) is 10.6 Å². The number of urea groups is 1. The summed E-state index contributed by atoms with van der Waals surface area (Å²) in [4.78, 5) is 12.5. The minimum absolute atomic E-state index is 0.155. The van der Waals surface area contributed by atoms with Gasteiger partial charge in [-0.1, -0.05) is 48.5 Å². The Bertz CT molecular complexity index is 1440. The number of halogens is 1. The number of hydrogen-bond donors (Lipinski definition) is 2. The Morgan fingerprint density at radius 1 is 0.829 bits per heavy atom. The summed E-state index contributed by atoms with van der Waals surface area (Å²) in [5, 5.41) is 5.43. The molecular formula is C27H23FN2O4S. The van der Waals surface area contributed by atoms with Gasteiger partial charge in [-0.2, -0.15) is 0 Å². The maximum Gasteiger partial charge on any atom is 0.323 e. The number of rotatable bonds is 7. The van der Waals surface area contributed by atoms with Gasteiger partial charge in [0.25, 0.3) is 0 Å². The van der Waals surface area contributed by atoms with E-state index in [9.17, 15) is 17.6 Å². The first kappa shape index (κ1) is 24.0. The first-order valence-corrected chi connectivity index (χ1v) is 12.4. The highest BCUT2D eigenvalue weighted by atomic mass is 32.2. The number of ether oxygens (including phenoxy) is 1. The van der Waals surface area contributed by atoms with Crippen LogP contribution in [-0.2, 0) is 15.6 Å². The molecule has 4 aromatic carbocycles. The second-order valence-electron chi connectivity index (χ2n) is 7.77. The number of anilines is 2. The SMILES string of the molecule is COc1cc(CS(=O)(=O)c2cccc(-c3ccc(F)cc3)c2)ccc1NC(=O)Nc1ccccc1. The monoisotopic (exact) mass is 490 g/mol. The van der Waals surface area contributed by atoms with Crippen LogP contribution in [0, 0.1) is 5.82 Å². The molecule has 4 rings (SSSR count). The third kappa shape index (κ3) is 6.04. The molecule has 0 spiro atoms. The van der Waals surface area contributed by atoms with Gasteiger partial charge in [0, 0.05) is 5.69 Å². The van der Waals surface area contributed by atoms with E-state index in [0.29, 0.717) is 33.8 Å². The molecule has 35 heavy (non-hydrogen) atoms. The van der Waals surface area contributed by atoms with Gasteiger partial charge in [-0.05, 0) is 65.2 Å². The molecule has 0 unspecified atom stereocenters. The third-order valence-electron chi connectivity index (χ3n) is 5.27. The van der Waals surface area contributed by atoms with Crippen LogP contribution in [0.15, 0.2) is 102 Å². The van der Waals surface area contributed by atoms with Gasteiger partial charge < -0.3 is 15.4 Å². The average Bonchev–Trinajstić information content (AvgIpc) is 2.86. The quantitative estimate of drug-likeness (QED) is 0.327. The molecule has 0 saturated carbocycles. The number of methoxy groups -OCH3 is 1. The zero-order valence-corrected chi connectivity index (χ0v) is 19.7. The van der Waals surface area contributed by atoms with E-state index in [0.717, 1.165) is 0 Å². The molecule has 0 bridgehead atoms. The molecule has 0 fully saturated rings. The number of nitrogens with one attached hydrogen (secondary N) is 2. The number of carbonyl (C=O) groups is 1. The molecule has 0 aliphatic rings. The summed E-state index contributed by atoms with van der Waals surface area (Å²) in [6, 6.07) is 25.7. The highest BCUT2D eigenvalue weighted by Gasteiger charge is 2.18. The van der Waals surface area contributed by atoms with Crippen molar-refractivity contribution in [2.24, 2.45) is 0 Å². The molecule has 178 valence electrons. The van der Waals surface area contributed by atoms with E-state index in [1.54, 1.807) is 72.8 Å². The third-order valence-corrected chi connectivity index (χ3v) is 6.96. The number of carbonyl (C=O) groups excluding carboxylic acids is 1. The summed E-state index contributed by atoms with van der Waals surface area (Å²) >= 11 is 0. The van der Waals surface area contributed by atoms with Crippen molar-refractivity contribution in [3.05, 3.63) is 108 Å². The molecule has 0 heterocycles. The van der Waals surface area contributed by atoms with Gasteiger partial charge in [0.05, 0.1) is 23.4 Å². The van der Waals surface area contributed by atoms with Crippen LogP contribution in [0.3, 0.4) is 0 Å². The Balaban J connectivity index is 1.51. The lowest BCUT2D eigenvalue weighted by molar-refractivity contribution is 0.262. The minimum atomic E-state index is -3.68. The van der Waals surface area contributed by atoms with Gasteiger partial charge in [-0.25, -0.2) is 17.6 Å². The highest BCUT2D eigenvalue weighted by Crippen LogP contribution is 2.29. The second-order valence-corrected chi connectivity index (χ2v) is 9.76. The lowest BCUT2D eigenvalue weighted by Gasteiger charge is -2.13. The van der Waals surface area contributed by atoms with Crippen LogP contribution in [0.25, 0.3) is 11.1 Å². The van der Waals surface area contributed by atoms with Crippen LogP contribution in [-0.4, -0.2) is 21.6 Å². The smallest absolute Gasteiger partial charge is 0.323 e. The summed E-state index contributed by atoms with van der Waals surface area (Å²) < 4.78 is 44.9. The molecule has 8 heteroatoms. The molecule has 0 aromatic heterocycles. The minimum Gasteiger partial charge on any atom is -0.495 e. The number of benzene rings is 4. The first-order chi connectivity index (χ1) is 16.8. The molecular weight excluding hydrogens is 467 g/mol.